The zero-order chi connectivity index (χ0) is 17.7. The first-order chi connectivity index (χ1) is 11.3. The number of nitrogens with one attached hydrogen (secondary N) is 1. The third kappa shape index (κ3) is 4.13. The number of carbonyl (C=O) groups excluding carboxylic acids is 1. The van der Waals surface area contributed by atoms with Crippen LogP contribution >= 0.6 is 0 Å². The lowest BCUT2D eigenvalue weighted by molar-refractivity contribution is -0.142. The Morgan fingerprint density at radius 3 is 2.12 bits per heavy atom. The quantitative estimate of drug-likeness (QED) is 0.854. The number of amides is 1. The summed E-state index contributed by atoms with van der Waals surface area (Å²) in [6.07, 6.45) is 0.256. The Labute approximate surface area is 141 Å². The lowest BCUT2D eigenvalue weighted by atomic mass is 9.85. The van der Waals surface area contributed by atoms with Crippen molar-refractivity contribution in [1.82, 2.24) is 0 Å². The third-order valence-corrected chi connectivity index (χ3v) is 3.95. The molecule has 126 valence electrons. The topological polar surface area (TPSA) is 75.6 Å². The van der Waals surface area contributed by atoms with Crippen molar-refractivity contribution in [3.63, 3.8) is 0 Å². The highest BCUT2D eigenvalue weighted by molar-refractivity contribution is 5.92. The molecule has 0 aromatic heterocycles. The molecule has 0 unspecified atom stereocenters. The van der Waals surface area contributed by atoms with Crippen LogP contribution in [0.15, 0.2) is 48.5 Å². The van der Waals surface area contributed by atoms with E-state index in [0.29, 0.717) is 11.3 Å². The second kappa shape index (κ2) is 7.17. The van der Waals surface area contributed by atoms with E-state index in [0.717, 1.165) is 11.3 Å². The van der Waals surface area contributed by atoms with E-state index in [1.807, 2.05) is 24.3 Å². The van der Waals surface area contributed by atoms with Gasteiger partial charge < -0.3 is 15.2 Å². The van der Waals surface area contributed by atoms with E-state index in [4.69, 9.17) is 4.74 Å². The normalized spacial score (nSPS) is 11.0. The molecule has 2 aromatic carbocycles. The average molecular weight is 327 g/mol. The van der Waals surface area contributed by atoms with Crippen LogP contribution in [0.5, 0.6) is 5.75 Å². The van der Waals surface area contributed by atoms with E-state index in [1.165, 1.54) is 0 Å². The third-order valence-electron chi connectivity index (χ3n) is 3.95. The molecule has 5 nitrogen and oxygen atoms in total. The molecule has 0 heterocycles. The predicted octanol–water partition coefficient (Wildman–Crippen LogP) is 3.24. The van der Waals surface area contributed by atoms with Crippen molar-refractivity contribution >= 4 is 17.6 Å². The van der Waals surface area contributed by atoms with Crippen molar-refractivity contribution in [2.45, 2.75) is 25.7 Å². The summed E-state index contributed by atoms with van der Waals surface area (Å²) in [7, 11) is 1.59. The SMILES string of the molecule is COc1ccc(CC(=O)Nc2ccc(C(C)(C)C(=O)O)cc2)cc1. The van der Waals surface area contributed by atoms with Crippen LogP contribution in [0.2, 0.25) is 0 Å². The highest BCUT2D eigenvalue weighted by Gasteiger charge is 2.29. The summed E-state index contributed by atoms with van der Waals surface area (Å²) in [5.74, 6) is -0.278. The zero-order valence-electron chi connectivity index (χ0n) is 14.0. The summed E-state index contributed by atoms with van der Waals surface area (Å²) in [6.45, 7) is 3.29. The summed E-state index contributed by atoms with van der Waals surface area (Å²) in [5, 5.41) is 12.0. The molecule has 0 aliphatic carbocycles. The van der Waals surface area contributed by atoms with Gasteiger partial charge in [0.2, 0.25) is 5.91 Å². The number of carboxylic acid groups (broad SMARTS) is 1. The van der Waals surface area contributed by atoms with Crippen molar-refractivity contribution in [2.24, 2.45) is 0 Å². The van der Waals surface area contributed by atoms with Gasteiger partial charge in [0.05, 0.1) is 18.9 Å². The number of carbonyl (C=O) groups is 2. The minimum Gasteiger partial charge on any atom is -0.497 e. The Kier molecular flexibility index (Phi) is 5.24. The summed E-state index contributed by atoms with van der Waals surface area (Å²) in [4.78, 5) is 23.3. The second-order valence-corrected chi connectivity index (χ2v) is 6.08. The van der Waals surface area contributed by atoms with Crippen molar-refractivity contribution in [3.05, 3.63) is 59.7 Å². The minimum absolute atomic E-state index is 0.134. The molecule has 1 amide bonds. The van der Waals surface area contributed by atoms with Gasteiger partial charge in [-0.3, -0.25) is 9.59 Å². The highest BCUT2D eigenvalue weighted by atomic mass is 16.5. The number of hydrogen-bond acceptors (Lipinski definition) is 3. The van der Waals surface area contributed by atoms with Crippen LogP contribution in [0.3, 0.4) is 0 Å². The molecule has 0 spiro atoms. The van der Waals surface area contributed by atoms with Gasteiger partial charge in [0, 0.05) is 5.69 Å². The smallest absolute Gasteiger partial charge is 0.313 e. The number of methoxy groups -OCH3 is 1. The summed E-state index contributed by atoms with van der Waals surface area (Å²) < 4.78 is 5.08. The molecular weight excluding hydrogens is 306 g/mol. The summed E-state index contributed by atoms with van der Waals surface area (Å²) in [6, 6.07) is 14.2. The number of carboxylic acids is 1. The van der Waals surface area contributed by atoms with E-state index in [-0.39, 0.29) is 12.3 Å². The Bertz CT molecular complexity index is 718. The maximum absolute atomic E-state index is 12.1. The fourth-order valence-corrected chi connectivity index (χ4v) is 2.23. The van der Waals surface area contributed by atoms with Gasteiger partial charge in [-0.05, 0) is 49.2 Å². The molecular formula is C19H21NO4. The van der Waals surface area contributed by atoms with Crippen molar-refractivity contribution in [1.29, 1.82) is 0 Å². The van der Waals surface area contributed by atoms with Gasteiger partial charge in [0.1, 0.15) is 5.75 Å². The molecule has 2 aromatic rings. The number of ether oxygens (including phenoxy) is 1. The summed E-state index contributed by atoms with van der Waals surface area (Å²) >= 11 is 0. The zero-order valence-corrected chi connectivity index (χ0v) is 14.0. The first-order valence-corrected chi connectivity index (χ1v) is 7.59. The molecule has 2 rings (SSSR count). The Morgan fingerprint density at radius 2 is 1.62 bits per heavy atom. The molecule has 0 fully saturated rings. The van der Waals surface area contributed by atoms with Crippen molar-refractivity contribution < 1.29 is 19.4 Å². The fraction of sp³-hybridized carbons (Fsp3) is 0.263. The van der Waals surface area contributed by atoms with Crippen LogP contribution in [-0.2, 0) is 21.4 Å². The van der Waals surface area contributed by atoms with Crippen LogP contribution in [0.1, 0.15) is 25.0 Å². The minimum atomic E-state index is -0.967. The van der Waals surface area contributed by atoms with Gasteiger partial charge in [-0.1, -0.05) is 24.3 Å². The standard InChI is InChI=1S/C19H21NO4/c1-19(2,18(22)23)14-6-8-15(9-7-14)20-17(21)12-13-4-10-16(24-3)11-5-13/h4-11H,12H2,1-3H3,(H,20,21)(H,22,23). The van der Waals surface area contributed by atoms with E-state index >= 15 is 0 Å². The molecule has 0 atom stereocenters. The van der Waals surface area contributed by atoms with Crippen molar-refractivity contribution in [3.8, 4) is 5.75 Å². The number of hydrogen-bond donors (Lipinski definition) is 2. The number of aliphatic carboxylic acids is 1. The van der Waals surface area contributed by atoms with Crippen molar-refractivity contribution in [2.75, 3.05) is 12.4 Å². The van der Waals surface area contributed by atoms with Crippen LogP contribution < -0.4 is 10.1 Å². The van der Waals surface area contributed by atoms with Crippen LogP contribution in [0, 0.1) is 0 Å². The Hall–Kier alpha value is -2.82. The molecule has 2 N–H and O–H groups in total. The van der Waals surface area contributed by atoms with E-state index in [2.05, 4.69) is 5.32 Å². The largest absolute Gasteiger partial charge is 0.497 e. The molecule has 0 saturated heterocycles. The lowest BCUT2D eigenvalue weighted by Crippen LogP contribution is -2.28. The molecule has 0 aliphatic rings. The molecule has 0 radical (unpaired) electrons. The van der Waals surface area contributed by atoms with E-state index in [9.17, 15) is 14.7 Å². The van der Waals surface area contributed by atoms with Crippen LogP contribution in [-0.4, -0.2) is 24.1 Å². The fourth-order valence-electron chi connectivity index (χ4n) is 2.23. The highest BCUT2D eigenvalue weighted by Crippen LogP contribution is 2.24. The molecule has 0 aliphatic heterocycles. The first kappa shape index (κ1) is 17.5. The van der Waals surface area contributed by atoms with Crippen LogP contribution in [0.4, 0.5) is 5.69 Å². The average Bonchev–Trinajstić information content (AvgIpc) is 2.56. The lowest BCUT2D eigenvalue weighted by Gasteiger charge is -2.19. The maximum atomic E-state index is 12.1. The molecule has 5 heteroatoms. The monoisotopic (exact) mass is 327 g/mol. The van der Waals surface area contributed by atoms with Gasteiger partial charge in [-0.2, -0.15) is 0 Å². The first-order valence-electron chi connectivity index (χ1n) is 7.59. The van der Waals surface area contributed by atoms with E-state index in [1.54, 1.807) is 45.2 Å². The molecule has 0 bridgehead atoms. The number of anilines is 1. The summed E-state index contributed by atoms with van der Waals surface area (Å²) in [5.41, 5.74) is 1.24. The van der Waals surface area contributed by atoms with E-state index < -0.39 is 11.4 Å². The predicted molar refractivity (Wildman–Crippen MR) is 92.4 cm³/mol. The molecule has 24 heavy (non-hydrogen) atoms. The second-order valence-electron chi connectivity index (χ2n) is 6.08. The van der Waals surface area contributed by atoms with Gasteiger partial charge in [-0.15, -0.1) is 0 Å². The number of benzene rings is 2. The van der Waals surface area contributed by atoms with Gasteiger partial charge in [-0.25, -0.2) is 0 Å². The Morgan fingerprint density at radius 1 is 1.04 bits per heavy atom. The number of rotatable bonds is 6. The van der Waals surface area contributed by atoms with Gasteiger partial charge in [0.25, 0.3) is 0 Å². The Balaban J connectivity index is 2.00. The maximum Gasteiger partial charge on any atom is 0.313 e. The van der Waals surface area contributed by atoms with Crippen LogP contribution in [0.25, 0.3) is 0 Å². The molecule has 0 saturated carbocycles. The van der Waals surface area contributed by atoms with Gasteiger partial charge in [0.15, 0.2) is 0 Å². The van der Waals surface area contributed by atoms with Gasteiger partial charge >= 0.3 is 5.97 Å².